The lowest BCUT2D eigenvalue weighted by atomic mass is 9.96. The molecular weight excluding hydrogens is 376 g/mol. The number of cyclic esters (lactones) is 1. The summed E-state index contributed by atoms with van der Waals surface area (Å²) in [6.45, 7) is 3.82. The Bertz CT molecular complexity index is 1160. The Morgan fingerprint density at radius 1 is 1.03 bits per heavy atom. The van der Waals surface area contributed by atoms with Crippen molar-refractivity contribution in [2.24, 2.45) is 0 Å². The number of halogens is 2. The summed E-state index contributed by atoms with van der Waals surface area (Å²) >= 11 is 0. The van der Waals surface area contributed by atoms with Gasteiger partial charge < -0.3 is 4.74 Å². The standard InChI is InChI=1S/C22H18F2N3O2/c1-2-7-16-20(21-26-11-6-4-9-18(26)22(28)29-21)25-10-5-3-8-17(25)19-15(24)12-14(23)13-27(16)19/h2-6,8-13,16,20-21H,1,7H2/q+3. The highest BCUT2D eigenvalue weighted by atomic mass is 19.1. The Morgan fingerprint density at radius 3 is 2.52 bits per heavy atom. The summed E-state index contributed by atoms with van der Waals surface area (Å²) in [7, 11) is 0. The largest absolute Gasteiger partial charge is 0.409 e. The number of ether oxygens (including phenoxy) is 1. The van der Waals surface area contributed by atoms with E-state index in [1.54, 1.807) is 45.7 Å². The van der Waals surface area contributed by atoms with Crippen LogP contribution in [-0.2, 0) is 4.74 Å². The van der Waals surface area contributed by atoms with E-state index in [1.165, 1.54) is 6.20 Å². The molecule has 0 saturated carbocycles. The molecule has 0 spiro atoms. The minimum atomic E-state index is -0.667. The van der Waals surface area contributed by atoms with E-state index in [-0.39, 0.29) is 5.69 Å². The van der Waals surface area contributed by atoms with Crippen LogP contribution in [-0.4, -0.2) is 5.97 Å². The molecule has 0 aromatic carbocycles. The number of nitrogens with zero attached hydrogens (tertiary/aromatic N) is 3. The van der Waals surface area contributed by atoms with Gasteiger partial charge in [0.1, 0.15) is 0 Å². The smallest absolute Gasteiger partial charge is 0.388 e. The van der Waals surface area contributed by atoms with Crippen molar-refractivity contribution in [1.29, 1.82) is 0 Å². The molecular formula is C22H18F2N3O2+3. The molecule has 5 heterocycles. The first-order valence-corrected chi connectivity index (χ1v) is 9.33. The van der Waals surface area contributed by atoms with Gasteiger partial charge in [-0.3, -0.25) is 0 Å². The first-order chi connectivity index (χ1) is 14.1. The first kappa shape index (κ1) is 17.6. The molecule has 0 bridgehead atoms. The maximum Gasteiger partial charge on any atom is 0.409 e. The highest BCUT2D eigenvalue weighted by molar-refractivity contribution is 5.86. The number of pyridine rings is 3. The number of rotatable bonds is 3. The summed E-state index contributed by atoms with van der Waals surface area (Å²) in [5.41, 5.74) is 1.31. The number of aromatic nitrogens is 3. The number of fused-ring (bicyclic) bond motifs is 4. The predicted octanol–water partition coefficient (Wildman–Crippen LogP) is 2.54. The Morgan fingerprint density at radius 2 is 1.76 bits per heavy atom. The molecule has 7 heteroatoms. The fourth-order valence-corrected chi connectivity index (χ4v) is 4.39. The van der Waals surface area contributed by atoms with Gasteiger partial charge in [-0.25, -0.2) is 9.18 Å². The maximum atomic E-state index is 14.8. The highest BCUT2D eigenvalue weighted by Crippen LogP contribution is 2.36. The summed E-state index contributed by atoms with van der Waals surface area (Å²) in [6.07, 6.45) is 6.39. The average molecular weight is 394 g/mol. The molecule has 3 unspecified atom stereocenters. The van der Waals surface area contributed by atoms with E-state index in [1.807, 2.05) is 22.9 Å². The van der Waals surface area contributed by atoms with Crippen LogP contribution >= 0.6 is 0 Å². The van der Waals surface area contributed by atoms with Gasteiger partial charge in [0.05, 0.1) is 0 Å². The van der Waals surface area contributed by atoms with Crippen LogP contribution < -0.4 is 13.7 Å². The van der Waals surface area contributed by atoms with E-state index >= 15 is 0 Å². The van der Waals surface area contributed by atoms with Crippen molar-refractivity contribution in [2.45, 2.75) is 24.7 Å². The van der Waals surface area contributed by atoms with Gasteiger partial charge in [-0.1, -0.05) is 6.08 Å². The first-order valence-electron chi connectivity index (χ1n) is 9.33. The van der Waals surface area contributed by atoms with Crippen molar-refractivity contribution in [2.75, 3.05) is 0 Å². The fraction of sp³-hybridized carbons (Fsp3) is 0.182. The Balaban J connectivity index is 1.77. The quantitative estimate of drug-likeness (QED) is 0.389. The second-order valence-corrected chi connectivity index (χ2v) is 7.13. The molecule has 144 valence electrons. The molecule has 3 atom stereocenters. The number of esters is 1. The highest BCUT2D eigenvalue weighted by Gasteiger charge is 2.59. The van der Waals surface area contributed by atoms with E-state index in [2.05, 4.69) is 6.58 Å². The van der Waals surface area contributed by atoms with Crippen molar-refractivity contribution in [3.63, 3.8) is 0 Å². The average Bonchev–Trinajstić information content (AvgIpc) is 3.04. The van der Waals surface area contributed by atoms with Crippen LogP contribution in [0, 0.1) is 11.6 Å². The third-order valence-corrected chi connectivity index (χ3v) is 5.52. The van der Waals surface area contributed by atoms with E-state index in [0.717, 1.165) is 6.07 Å². The minimum Gasteiger partial charge on any atom is -0.388 e. The zero-order chi connectivity index (χ0) is 20.1. The summed E-state index contributed by atoms with van der Waals surface area (Å²) in [5.74, 6) is -1.74. The van der Waals surface area contributed by atoms with Gasteiger partial charge in [0.2, 0.25) is 18.1 Å². The normalized spacial score (nSPS) is 21.7. The third kappa shape index (κ3) is 2.57. The van der Waals surface area contributed by atoms with Gasteiger partial charge in [-0.05, 0) is 12.1 Å². The zero-order valence-electron chi connectivity index (χ0n) is 15.4. The molecule has 3 aromatic heterocycles. The lowest BCUT2D eigenvalue weighted by molar-refractivity contribution is -0.886. The lowest BCUT2D eigenvalue weighted by Gasteiger charge is -2.25. The minimum absolute atomic E-state index is 0.290. The molecule has 29 heavy (non-hydrogen) atoms. The number of allylic oxidation sites excluding steroid dienone is 1. The molecule has 3 aromatic rings. The SMILES string of the molecule is C=CCC1C(C2OC(=O)c3cccc[n+]32)[n+]2ccccc2-c2c(F)cc(F)c[n+]21. The molecule has 0 saturated heterocycles. The summed E-state index contributed by atoms with van der Waals surface area (Å²) in [5, 5.41) is 0. The molecule has 0 amide bonds. The maximum absolute atomic E-state index is 14.8. The van der Waals surface area contributed by atoms with Crippen LogP contribution in [0.4, 0.5) is 8.78 Å². The number of hydrogen-bond donors (Lipinski definition) is 0. The van der Waals surface area contributed by atoms with Crippen LogP contribution in [0.3, 0.4) is 0 Å². The van der Waals surface area contributed by atoms with Gasteiger partial charge in [0.15, 0.2) is 18.2 Å². The Kier molecular flexibility index (Phi) is 3.97. The van der Waals surface area contributed by atoms with Gasteiger partial charge in [0, 0.05) is 36.8 Å². The van der Waals surface area contributed by atoms with Gasteiger partial charge in [-0.15, -0.1) is 11.1 Å². The van der Waals surface area contributed by atoms with Gasteiger partial charge in [0.25, 0.3) is 11.4 Å². The topological polar surface area (TPSA) is 37.9 Å². The van der Waals surface area contributed by atoms with E-state index in [4.69, 9.17) is 4.74 Å². The third-order valence-electron chi connectivity index (χ3n) is 5.52. The molecule has 5 nitrogen and oxygen atoms in total. The van der Waals surface area contributed by atoms with Crippen LogP contribution in [0.2, 0.25) is 0 Å². The van der Waals surface area contributed by atoms with Crippen LogP contribution in [0.25, 0.3) is 11.4 Å². The summed E-state index contributed by atoms with van der Waals surface area (Å²) in [6, 6.07) is 10.7. The molecule has 0 aliphatic carbocycles. The zero-order valence-corrected chi connectivity index (χ0v) is 15.4. The monoisotopic (exact) mass is 394 g/mol. The number of hydrogen-bond acceptors (Lipinski definition) is 2. The molecule has 2 aliphatic heterocycles. The Labute approximate surface area is 165 Å². The van der Waals surface area contributed by atoms with Crippen molar-refractivity contribution >= 4 is 5.97 Å². The molecule has 2 aliphatic rings. The van der Waals surface area contributed by atoms with E-state index in [0.29, 0.717) is 17.8 Å². The second kappa shape index (κ2) is 6.55. The second-order valence-electron chi connectivity index (χ2n) is 7.13. The molecule has 5 rings (SSSR count). The van der Waals surface area contributed by atoms with E-state index in [9.17, 15) is 13.6 Å². The van der Waals surface area contributed by atoms with Gasteiger partial charge in [-0.2, -0.15) is 13.5 Å². The molecule has 0 radical (unpaired) electrons. The van der Waals surface area contributed by atoms with Crippen LogP contribution in [0.1, 0.15) is 35.2 Å². The van der Waals surface area contributed by atoms with Crippen molar-refractivity contribution in [3.8, 4) is 11.4 Å². The number of carbonyl (C=O) groups is 1. The predicted molar refractivity (Wildman–Crippen MR) is 96.2 cm³/mol. The van der Waals surface area contributed by atoms with Crippen LogP contribution in [0.15, 0.2) is 73.7 Å². The molecule has 0 fully saturated rings. The lowest BCUT2D eigenvalue weighted by Crippen LogP contribution is -2.65. The van der Waals surface area contributed by atoms with Gasteiger partial charge >= 0.3 is 23.9 Å². The molecule has 0 N–H and O–H groups in total. The fourth-order valence-electron chi connectivity index (χ4n) is 4.39. The van der Waals surface area contributed by atoms with Crippen molar-refractivity contribution in [3.05, 3.63) is 91.0 Å². The van der Waals surface area contributed by atoms with Crippen molar-refractivity contribution in [1.82, 2.24) is 0 Å². The van der Waals surface area contributed by atoms with Crippen molar-refractivity contribution < 1.29 is 32.0 Å². The van der Waals surface area contributed by atoms with Crippen LogP contribution in [0.5, 0.6) is 0 Å². The summed E-state index contributed by atoms with van der Waals surface area (Å²) < 4.78 is 40.0. The Hall–Kier alpha value is -3.48. The number of carbonyl (C=O) groups excluding carboxylic acids is 1. The van der Waals surface area contributed by atoms with E-state index < -0.39 is 35.9 Å². The summed E-state index contributed by atoms with van der Waals surface area (Å²) in [4.78, 5) is 12.4.